The van der Waals surface area contributed by atoms with Gasteiger partial charge in [0.05, 0.1) is 22.8 Å². The lowest BCUT2D eigenvalue weighted by molar-refractivity contribution is -0.131. The lowest BCUT2D eigenvalue weighted by Crippen LogP contribution is -2.42. The molecule has 0 N–H and O–H groups in total. The molecule has 0 saturated heterocycles. The molecule has 2 aromatic rings. The van der Waals surface area contributed by atoms with Crippen molar-refractivity contribution in [1.29, 1.82) is 0 Å². The normalized spacial score (nSPS) is 15.9. The highest BCUT2D eigenvalue weighted by Crippen LogP contribution is 2.28. The quantitative estimate of drug-likeness (QED) is 0.635. The molecule has 0 aliphatic carbocycles. The summed E-state index contributed by atoms with van der Waals surface area (Å²) < 4.78 is 5.14. The Morgan fingerprint density at radius 2 is 1.97 bits per heavy atom. The minimum absolute atomic E-state index is 0.00826. The summed E-state index contributed by atoms with van der Waals surface area (Å²) in [5.41, 5.74) is 2.43. The number of hydrogen-bond acceptors (Lipinski definition) is 6. The van der Waals surface area contributed by atoms with Crippen molar-refractivity contribution < 1.29 is 14.3 Å². The molecule has 0 unspecified atom stereocenters. The number of nitrogens with zero attached hydrogens (tertiary/aromatic N) is 4. The van der Waals surface area contributed by atoms with E-state index in [9.17, 15) is 9.59 Å². The summed E-state index contributed by atoms with van der Waals surface area (Å²) in [6, 6.07) is 5.88. The summed E-state index contributed by atoms with van der Waals surface area (Å²) in [6.07, 6.45) is 1.08. The zero-order chi connectivity index (χ0) is 24.0. The third-order valence-corrected chi connectivity index (χ3v) is 6.89. The molecule has 0 saturated carbocycles. The lowest BCUT2D eigenvalue weighted by Gasteiger charge is -2.30. The van der Waals surface area contributed by atoms with Crippen molar-refractivity contribution in [2.24, 2.45) is 0 Å². The summed E-state index contributed by atoms with van der Waals surface area (Å²) in [4.78, 5) is 36.7. The zero-order valence-electron chi connectivity index (χ0n) is 19.8. The van der Waals surface area contributed by atoms with Crippen molar-refractivity contribution in [3.8, 4) is 0 Å². The van der Waals surface area contributed by atoms with E-state index in [1.165, 1.54) is 7.11 Å². The first-order chi connectivity index (χ1) is 15.8. The van der Waals surface area contributed by atoms with E-state index in [-0.39, 0.29) is 24.8 Å². The topological polar surface area (TPSA) is 66.0 Å². The van der Waals surface area contributed by atoms with Crippen LogP contribution in [0.4, 0.5) is 5.69 Å². The maximum Gasteiger partial charge on any atom is 0.252 e. The van der Waals surface area contributed by atoms with Crippen LogP contribution >= 0.6 is 22.9 Å². The highest BCUT2D eigenvalue weighted by molar-refractivity contribution is 7.09. The van der Waals surface area contributed by atoms with E-state index >= 15 is 0 Å². The van der Waals surface area contributed by atoms with E-state index < -0.39 is 0 Å². The minimum atomic E-state index is -0.118. The number of carbonyl (C=O) groups is 2. The fraction of sp³-hybridized carbons (Fsp3) is 0.542. The van der Waals surface area contributed by atoms with E-state index in [4.69, 9.17) is 16.3 Å². The Morgan fingerprint density at radius 3 is 2.64 bits per heavy atom. The van der Waals surface area contributed by atoms with Gasteiger partial charge in [-0.25, -0.2) is 4.98 Å². The third-order valence-electron chi connectivity index (χ3n) is 5.83. The van der Waals surface area contributed by atoms with Crippen molar-refractivity contribution in [3.05, 3.63) is 44.9 Å². The fourth-order valence-electron chi connectivity index (χ4n) is 4.07. The van der Waals surface area contributed by atoms with Gasteiger partial charge < -0.3 is 14.5 Å². The van der Waals surface area contributed by atoms with Crippen LogP contribution in [-0.4, -0.2) is 72.5 Å². The Kier molecular flexibility index (Phi) is 9.26. The molecule has 2 amide bonds. The predicted molar refractivity (Wildman–Crippen MR) is 133 cm³/mol. The number of carbonyl (C=O) groups excluding carboxylic acids is 2. The number of halogens is 1. The van der Waals surface area contributed by atoms with Crippen molar-refractivity contribution in [1.82, 2.24) is 14.8 Å². The van der Waals surface area contributed by atoms with Crippen LogP contribution in [0.3, 0.4) is 0 Å². The maximum absolute atomic E-state index is 13.3. The highest BCUT2D eigenvalue weighted by Gasteiger charge is 2.25. The van der Waals surface area contributed by atoms with Gasteiger partial charge in [0.2, 0.25) is 5.91 Å². The first-order valence-electron chi connectivity index (χ1n) is 11.3. The molecule has 180 valence electrons. The zero-order valence-corrected chi connectivity index (χ0v) is 21.4. The van der Waals surface area contributed by atoms with Gasteiger partial charge in [0, 0.05) is 56.3 Å². The molecule has 33 heavy (non-hydrogen) atoms. The number of ether oxygens (including phenoxy) is 1. The van der Waals surface area contributed by atoms with Crippen LogP contribution in [0.2, 0.25) is 5.02 Å². The predicted octanol–water partition coefficient (Wildman–Crippen LogP) is 3.77. The molecule has 0 fully saturated rings. The van der Waals surface area contributed by atoms with Crippen LogP contribution in [0, 0.1) is 6.92 Å². The van der Waals surface area contributed by atoms with Gasteiger partial charge >= 0.3 is 0 Å². The maximum atomic E-state index is 13.3. The van der Waals surface area contributed by atoms with Crippen LogP contribution in [0.1, 0.15) is 36.5 Å². The van der Waals surface area contributed by atoms with Crippen LogP contribution in [0.5, 0.6) is 0 Å². The van der Waals surface area contributed by atoms with E-state index in [0.717, 1.165) is 41.5 Å². The number of aromatic nitrogens is 1. The molecule has 1 aliphatic heterocycles. The number of benzene rings is 1. The average Bonchev–Trinajstić information content (AvgIpc) is 3.15. The fourth-order valence-corrected chi connectivity index (χ4v) is 4.84. The van der Waals surface area contributed by atoms with E-state index in [1.807, 2.05) is 35.4 Å². The molecule has 0 radical (unpaired) electrons. The Morgan fingerprint density at radius 1 is 1.18 bits per heavy atom. The molecule has 0 atom stereocenters. The summed E-state index contributed by atoms with van der Waals surface area (Å²) in [7, 11) is 1.52. The SMILES string of the molecule is COCC(=O)N1CCCN(C(C)C)CCN(C(=O)Cc2csc(C)n2)Cc2ccc(Cl)cc21. The van der Waals surface area contributed by atoms with Gasteiger partial charge in [0.15, 0.2) is 0 Å². The van der Waals surface area contributed by atoms with Crippen molar-refractivity contribution >= 4 is 40.4 Å². The van der Waals surface area contributed by atoms with E-state index in [2.05, 4.69) is 23.7 Å². The standard InChI is InChI=1S/C24H33ClN4O3S/c1-17(2)27-8-5-9-29(24(31)15-32-4)22-12-20(25)7-6-19(22)14-28(11-10-27)23(30)13-21-16-33-18(3)26-21/h6-7,12,16-17H,5,8-11,13-15H2,1-4H3. The summed E-state index contributed by atoms with van der Waals surface area (Å²) in [6.45, 7) is 9.42. The summed E-state index contributed by atoms with van der Waals surface area (Å²) in [5, 5.41) is 3.45. The molecule has 1 aromatic heterocycles. The number of aryl methyl sites for hydroxylation is 1. The van der Waals surface area contributed by atoms with Crippen LogP contribution in [-0.2, 0) is 27.3 Å². The molecule has 7 nitrogen and oxygen atoms in total. The summed E-state index contributed by atoms with van der Waals surface area (Å²) >= 11 is 7.88. The molecule has 2 heterocycles. The van der Waals surface area contributed by atoms with Gasteiger partial charge in [0.1, 0.15) is 6.61 Å². The molecule has 1 aromatic carbocycles. The van der Waals surface area contributed by atoms with Crippen molar-refractivity contribution in [2.75, 3.05) is 44.8 Å². The van der Waals surface area contributed by atoms with Gasteiger partial charge in [-0.3, -0.25) is 14.5 Å². The second-order valence-corrected chi connectivity index (χ2v) is 10.1. The first-order valence-corrected chi connectivity index (χ1v) is 12.5. The van der Waals surface area contributed by atoms with Gasteiger partial charge in [-0.2, -0.15) is 0 Å². The number of anilines is 1. The average molecular weight is 493 g/mol. The number of methoxy groups -OCH3 is 1. The van der Waals surface area contributed by atoms with E-state index in [1.54, 1.807) is 16.2 Å². The van der Waals surface area contributed by atoms with Gasteiger partial charge in [-0.15, -0.1) is 11.3 Å². The van der Waals surface area contributed by atoms with E-state index in [0.29, 0.717) is 30.7 Å². The number of fused-ring (bicyclic) bond motifs is 1. The van der Waals surface area contributed by atoms with Crippen molar-refractivity contribution in [2.45, 2.75) is 46.2 Å². The van der Waals surface area contributed by atoms with Gasteiger partial charge in [0.25, 0.3) is 5.91 Å². The Labute approximate surface area is 205 Å². The second kappa shape index (κ2) is 11.9. The van der Waals surface area contributed by atoms with Gasteiger partial charge in [-0.05, 0) is 44.9 Å². The summed E-state index contributed by atoms with van der Waals surface area (Å²) in [5.74, 6) is -0.0916. The number of amides is 2. The second-order valence-electron chi connectivity index (χ2n) is 8.58. The Balaban J connectivity index is 1.96. The highest BCUT2D eigenvalue weighted by atomic mass is 35.5. The molecular formula is C24H33ClN4O3S. The smallest absolute Gasteiger partial charge is 0.252 e. The van der Waals surface area contributed by atoms with Gasteiger partial charge in [-0.1, -0.05) is 17.7 Å². The third kappa shape index (κ3) is 6.99. The Hall–Kier alpha value is -2.00. The molecule has 0 bridgehead atoms. The van der Waals surface area contributed by atoms with Crippen molar-refractivity contribution in [3.63, 3.8) is 0 Å². The van der Waals surface area contributed by atoms with Crippen LogP contribution in [0.15, 0.2) is 23.6 Å². The number of hydrogen-bond donors (Lipinski definition) is 0. The first kappa shape index (κ1) is 25.6. The molecule has 3 rings (SSSR count). The number of thiazole rings is 1. The largest absolute Gasteiger partial charge is 0.375 e. The minimum Gasteiger partial charge on any atom is -0.375 e. The molecular weight excluding hydrogens is 460 g/mol. The molecule has 9 heteroatoms. The van der Waals surface area contributed by atoms with Crippen LogP contribution in [0.25, 0.3) is 0 Å². The monoisotopic (exact) mass is 492 g/mol. The molecule has 0 spiro atoms. The lowest BCUT2D eigenvalue weighted by atomic mass is 10.1. The number of rotatable bonds is 5. The molecule has 1 aliphatic rings. The Bertz CT molecular complexity index is 965. The van der Waals surface area contributed by atoms with Crippen LogP contribution < -0.4 is 4.90 Å².